The topological polar surface area (TPSA) is 78.2 Å². The van der Waals surface area contributed by atoms with Gasteiger partial charge in [0.1, 0.15) is 17.5 Å². The number of rotatable bonds is 3. The molecule has 0 aliphatic carbocycles. The zero-order chi connectivity index (χ0) is 16.2. The van der Waals surface area contributed by atoms with Crippen LogP contribution in [0.4, 0.5) is 10.6 Å². The number of hydrogen-bond acceptors (Lipinski definition) is 5. The Bertz CT molecular complexity index is 574. The largest absolute Gasteiger partial charge is 0.444 e. The van der Waals surface area contributed by atoms with E-state index in [1.54, 1.807) is 23.2 Å². The van der Waals surface area contributed by atoms with Crippen molar-refractivity contribution in [1.82, 2.24) is 9.88 Å². The number of nitrogens with one attached hydrogen (secondary N) is 1. The van der Waals surface area contributed by atoms with Gasteiger partial charge in [-0.25, -0.2) is 9.78 Å². The Morgan fingerprint density at radius 3 is 3.05 bits per heavy atom. The lowest BCUT2D eigenvalue weighted by molar-refractivity contribution is 0.0235. The standard InChI is InChI=1S/C16H22N4O2/c1-16(2,3)22-15(21)20-9-5-7-13(20)11-19-14-12(10-17)6-4-8-18-14/h4,6,8,13H,5,7,9,11H2,1-3H3,(H,18,19)/t13-/m0/s1. The smallest absolute Gasteiger partial charge is 0.410 e. The van der Waals surface area contributed by atoms with Gasteiger partial charge in [0.05, 0.1) is 11.6 Å². The Kier molecular flexibility index (Phi) is 4.86. The van der Waals surface area contributed by atoms with Crippen LogP contribution < -0.4 is 5.32 Å². The third kappa shape index (κ3) is 4.10. The molecule has 22 heavy (non-hydrogen) atoms. The lowest BCUT2D eigenvalue weighted by atomic mass is 10.2. The molecule has 1 saturated heterocycles. The molecule has 0 saturated carbocycles. The second-order valence-corrected chi connectivity index (χ2v) is 6.36. The Hall–Kier alpha value is -2.29. The molecule has 2 heterocycles. The predicted octanol–water partition coefficient (Wildman–Crippen LogP) is 2.76. The van der Waals surface area contributed by atoms with Crippen molar-refractivity contribution in [2.45, 2.75) is 45.3 Å². The first kappa shape index (κ1) is 16.1. The van der Waals surface area contributed by atoms with Gasteiger partial charge in [0.2, 0.25) is 0 Å². The molecule has 1 N–H and O–H groups in total. The molecule has 6 heteroatoms. The van der Waals surface area contributed by atoms with Gasteiger partial charge in [0.25, 0.3) is 0 Å². The number of nitriles is 1. The van der Waals surface area contributed by atoms with Crippen LogP contribution in [-0.2, 0) is 4.74 Å². The minimum atomic E-state index is -0.493. The van der Waals surface area contributed by atoms with Gasteiger partial charge in [0, 0.05) is 19.3 Å². The van der Waals surface area contributed by atoms with Gasteiger partial charge in [0.15, 0.2) is 0 Å². The first-order chi connectivity index (χ1) is 10.4. The maximum absolute atomic E-state index is 12.2. The Morgan fingerprint density at radius 1 is 1.59 bits per heavy atom. The monoisotopic (exact) mass is 302 g/mol. The molecule has 0 radical (unpaired) electrons. The minimum absolute atomic E-state index is 0.0587. The van der Waals surface area contributed by atoms with Crippen LogP contribution in [0.25, 0.3) is 0 Å². The van der Waals surface area contributed by atoms with E-state index >= 15 is 0 Å². The molecule has 0 unspecified atom stereocenters. The molecule has 0 aromatic carbocycles. The molecule has 1 aliphatic rings. The summed E-state index contributed by atoms with van der Waals surface area (Å²) in [6.07, 6.45) is 3.24. The van der Waals surface area contributed by atoms with Crippen LogP contribution in [0.1, 0.15) is 39.2 Å². The summed E-state index contributed by atoms with van der Waals surface area (Å²) in [6, 6.07) is 5.61. The van der Waals surface area contributed by atoms with E-state index in [1.165, 1.54) is 0 Å². The number of aromatic nitrogens is 1. The van der Waals surface area contributed by atoms with Crippen molar-refractivity contribution in [2.24, 2.45) is 0 Å². The van der Waals surface area contributed by atoms with E-state index < -0.39 is 5.60 Å². The van der Waals surface area contributed by atoms with E-state index in [0.29, 0.717) is 24.5 Å². The van der Waals surface area contributed by atoms with Crippen LogP contribution in [0, 0.1) is 11.3 Å². The summed E-state index contributed by atoms with van der Waals surface area (Å²) in [5.74, 6) is 0.557. The van der Waals surface area contributed by atoms with Crippen LogP contribution in [0.5, 0.6) is 0 Å². The second-order valence-electron chi connectivity index (χ2n) is 6.36. The van der Waals surface area contributed by atoms with Crippen LogP contribution in [0.15, 0.2) is 18.3 Å². The summed E-state index contributed by atoms with van der Waals surface area (Å²) in [5, 5.41) is 12.2. The maximum atomic E-state index is 12.2. The minimum Gasteiger partial charge on any atom is -0.444 e. The van der Waals surface area contributed by atoms with Crippen molar-refractivity contribution in [3.8, 4) is 6.07 Å². The maximum Gasteiger partial charge on any atom is 0.410 e. The summed E-state index contributed by atoms with van der Waals surface area (Å²) < 4.78 is 5.44. The molecule has 1 aromatic rings. The van der Waals surface area contributed by atoms with E-state index in [0.717, 1.165) is 12.8 Å². The quantitative estimate of drug-likeness (QED) is 0.929. The predicted molar refractivity (Wildman–Crippen MR) is 83.4 cm³/mol. The highest BCUT2D eigenvalue weighted by molar-refractivity contribution is 5.69. The number of nitrogens with zero attached hydrogens (tertiary/aromatic N) is 3. The van der Waals surface area contributed by atoms with Crippen molar-refractivity contribution in [1.29, 1.82) is 5.26 Å². The van der Waals surface area contributed by atoms with Gasteiger partial charge in [-0.2, -0.15) is 5.26 Å². The molecule has 2 rings (SSSR count). The summed E-state index contributed by atoms with van der Waals surface area (Å²) in [4.78, 5) is 18.1. The first-order valence-electron chi connectivity index (χ1n) is 7.49. The fourth-order valence-corrected chi connectivity index (χ4v) is 2.46. The van der Waals surface area contributed by atoms with Crippen LogP contribution in [0.3, 0.4) is 0 Å². The van der Waals surface area contributed by atoms with Crippen molar-refractivity contribution in [2.75, 3.05) is 18.4 Å². The van der Waals surface area contributed by atoms with Crippen molar-refractivity contribution >= 4 is 11.9 Å². The molecular formula is C16H22N4O2. The molecular weight excluding hydrogens is 280 g/mol. The normalized spacial score (nSPS) is 17.9. The third-order valence-corrected chi connectivity index (χ3v) is 3.44. The van der Waals surface area contributed by atoms with Crippen molar-refractivity contribution in [3.63, 3.8) is 0 Å². The number of likely N-dealkylation sites (tertiary alicyclic amines) is 1. The number of anilines is 1. The molecule has 1 aliphatic heterocycles. The fraction of sp³-hybridized carbons (Fsp3) is 0.562. The fourth-order valence-electron chi connectivity index (χ4n) is 2.46. The summed E-state index contributed by atoms with van der Waals surface area (Å²) in [6.45, 7) is 6.85. The number of amides is 1. The number of pyridine rings is 1. The zero-order valence-electron chi connectivity index (χ0n) is 13.3. The van der Waals surface area contributed by atoms with Gasteiger partial charge >= 0.3 is 6.09 Å². The van der Waals surface area contributed by atoms with Crippen LogP contribution in [0.2, 0.25) is 0 Å². The van der Waals surface area contributed by atoms with Gasteiger partial charge in [-0.05, 0) is 45.7 Å². The van der Waals surface area contributed by atoms with Crippen molar-refractivity contribution in [3.05, 3.63) is 23.9 Å². The Labute approximate surface area is 131 Å². The van der Waals surface area contributed by atoms with Gasteiger partial charge in [-0.15, -0.1) is 0 Å². The molecule has 1 aromatic heterocycles. The summed E-state index contributed by atoms with van der Waals surface area (Å²) >= 11 is 0. The van der Waals surface area contributed by atoms with Crippen LogP contribution in [-0.4, -0.2) is 40.7 Å². The average molecular weight is 302 g/mol. The van der Waals surface area contributed by atoms with Gasteiger partial charge in [-0.3, -0.25) is 0 Å². The van der Waals surface area contributed by atoms with E-state index in [4.69, 9.17) is 10.00 Å². The summed E-state index contributed by atoms with van der Waals surface area (Å²) in [7, 11) is 0. The first-order valence-corrected chi connectivity index (χ1v) is 7.49. The highest BCUT2D eigenvalue weighted by Gasteiger charge is 2.32. The Morgan fingerprint density at radius 2 is 2.36 bits per heavy atom. The average Bonchev–Trinajstić information content (AvgIpc) is 2.92. The second kappa shape index (κ2) is 6.65. The summed E-state index contributed by atoms with van der Waals surface area (Å²) in [5.41, 5.74) is 0.0106. The van der Waals surface area contributed by atoms with E-state index in [-0.39, 0.29) is 12.1 Å². The highest BCUT2D eigenvalue weighted by Crippen LogP contribution is 2.21. The van der Waals surface area contributed by atoms with Crippen molar-refractivity contribution < 1.29 is 9.53 Å². The zero-order valence-corrected chi connectivity index (χ0v) is 13.3. The Balaban J connectivity index is 1.97. The molecule has 1 fully saturated rings. The molecule has 6 nitrogen and oxygen atoms in total. The van der Waals surface area contributed by atoms with E-state index in [2.05, 4.69) is 16.4 Å². The number of hydrogen-bond donors (Lipinski definition) is 1. The third-order valence-electron chi connectivity index (χ3n) is 3.44. The lowest BCUT2D eigenvalue weighted by Crippen LogP contribution is -2.42. The van der Waals surface area contributed by atoms with Gasteiger partial charge in [-0.1, -0.05) is 0 Å². The highest BCUT2D eigenvalue weighted by atomic mass is 16.6. The van der Waals surface area contributed by atoms with E-state index in [1.807, 2.05) is 20.8 Å². The molecule has 118 valence electrons. The number of carbonyl (C=O) groups excluding carboxylic acids is 1. The number of ether oxygens (including phenoxy) is 1. The number of carbonyl (C=O) groups is 1. The SMILES string of the molecule is CC(C)(C)OC(=O)N1CCC[C@H]1CNc1ncccc1C#N. The molecule has 1 amide bonds. The molecule has 1 atom stereocenters. The lowest BCUT2D eigenvalue weighted by Gasteiger charge is -2.28. The van der Waals surface area contributed by atoms with Crippen LogP contribution >= 0.6 is 0 Å². The van der Waals surface area contributed by atoms with Gasteiger partial charge < -0.3 is 15.0 Å². The van der Waals surface area contributed by atoms with E-state index in [9.17, 15) is 4.79 Å². The molecule has 0 spiro atoms. The molecule has 0 bridgehead atoms.